The highest BCUT2D eigenvalue weighted by atomic mass is 14.9. The van der Waals surface area contributed by atoms with Gasteiger partial charge in [-0.25, -0.2) is 4.98 Å². The van der Waals surface area contributed by atoms with Crippen molar-refractivity contribution in [2.75, 3.05) is 0 Å². The molecule has 0 aliphatic heterocycles. The standard InChI is InChI=1S/C16H15N3/c17-11-13(10-12-6-2-1-3-7-12)16-18-14-8-4-5-9-15(14)19-16/h1-2,4-5,8-10,12H,3,6-7H2,(H,18,19)/b13-10+/t12-/m0/s1. The molecule has 0 bridgehead atoms. The third kappa shape index (κ3) is 2.43. The Hall–Kier alpha value is -2.34. The number of fused-ring (bicyclic) bond motifs is 1. The zero-order chi connectivity index (χ0) is 13.1. The predicted octanol–water partition coefficient (Wildman–Crippen LogP) is 3.83. The van der Waals surface area contributed by atoms with Gasteiger partial charge in [0.05, 0.1) is 16.6 Å². The van der Waals surface area contributed by atoms with E-state index in [2.05, 4.69) is 34.3 Å². The number of para-hydroxylation sites is 2. The van der Waals surface area contributed by atoms with Crippen molar-refractivity contribution in [3.05, 3.63) is 48.3 Å². The van der Waals surface area contributed by atoms with E-state index in [0.29, 0.717) is 17.3 Å². The number of nitrogens with zero attached hydrogens (tertiary/aromatic N) is 2. The van der Waals surface area contributed by atoms with Gasteiger partial charge in [-0.05, 0) is 37.3 Å². The summed E-state index contributed by atoms with van der Waals surface area (Å²) in [5, 5.41) is 9.34. The quantitative estimate of drug-likeness (QED) is 0.649. The molecule has 0 saturated carbocycles. The van der Waals surface area contributed by atoms with Crippen molar-refractivity contribution < 1.29 is 0 Å². The van der Waals surface area contributed by atoms with Crippen LogP contribution in [0.3, 0.4) is 0 Å². The molecular weight excluding hydrogens is 234 g/mol. The molecule has 94 valence electrons. The van der Waals surface area contributed by atoms with E-state index in [1.54, 1.807) is 0 Å². The molecule has 0 unspecified atom stereocenters. The average Bonchev–Trinajstić information content (AvgIpc) is 2.89. The number of nitrogens with one attached hydrogen (secondary N) is 1. The third-order valence-electron chi connectivity index (χ3n) is 3.48. The van der Waals surface area contributed by atoms with E-state index < -0.39 is 0 Å². The fourth-order valence-corrected chi connectivity index (χ4v) is 2.45. The minimum absolute atomic E-state index is 0.452. The Morgan fingerprint density at radius 1 is 1.37 bits per heavy atom. The maximum Gasteiger partial charge on any atom is 0.148 e. The van der Waals surface area contributed by atoms with E-state index in [-0.39, 0.29) is 0 Å². The molecule has 1 N–H and O–H groups in total. The van der Waals surface area contributed by atoms with Crippen LogP contribution in [-0.4, -0.2) is 9.97 Å². The van der Waals surface area contributed by atoms with E-state index in [1.807, 2.05) is 24.3 Å². The summed E-state index contributed by atoms with van der Waals surface area (Å²) in [7, 11) is 0. The van der Waals surface area contributed by atoms with Crippen LogP contribution >= 0.6 is 0 Å². The molecule has 0 spiro atoms. The van der Waals surface area contributed by atoms with E-state index in [1.165, 1.54) is 0 Å². The van der Waals surface area contributed by atoms with Gasteiger partial charge < -0.3 is 4.98 Å². The van der Waals surface area contributed by atoms with E-state index in [0.717, 1.165) is 30.3 Å². The van der Waals surface area contributed by atoms with Gasteiger partial charge in [0.25, 0.3) is 0 Å². The van der Waals surface area contributed by atoms with Crippen LogP contribution in [0.25, 0.3) is 16.6 Å². The van der Waals surface area contributed by atoms with Gasteiger partial charge in [0.2, 0.25) is 0 Å². The summed E-state index contributed by atoms with van der Waals surface area (Å²) < 4.78 is 0. The van der Waals surface area contributed by atoms with Crippen LogP contribution in [-0.2, 0) is 0 Å². The molecule has 1 atom stereocenters. The van der Waals surface area contributed by atoms with Crippen molar-refractivity contribution in [1.82, 2.24) is 9.97 Å². The number of rotatable bonds is 2. The zero-order valence-electron chi connectivity index (χ0n) is 10.6. The normalized spacial score (nSPS) is 19.5. The van der Waals surface area contributed by atoms with Crippen molar-refractivity contribution in [1.29, 1.82) is 5.26 Å². The molecule has 1 aliphatic carbocycles. The second-order valence-corrected chi connectivity index (χ2v) is 4.84. The Morgan fingerprint density at radius 2 is 2.26 bits per heavy atom. The van der Waals surface area contributed by atoms with Gasteiger partial charge in [0, 0.05) is 0 Å². The first-order chi connectivity index (χ1) is 9.36. The maximum absolute atomic E-state index is 9.34. The van der Waals surface area contributed by atoms with Gasteiger partial charge in [0.15, 0.2) is 0 Å². The first-order valence-corrected chi connectivity index (χ1v) is 6.59. The summed E-state index contributed by atoms with van der Waals surface area (Å²) in [6.07, 6.45) is 9.68. The number of allylic oxidation sites excluding steroid dienone is 4. The molecule has 0 saturated heterocycles. The van der Waals surface area contributed by atoms with E-state index >= 15 is 0 Å². The lowest BCUT2D eigenvalue weighted by Crippen LogP contribution is -2.00. The number of H-pyrrole nitrogens is 1. The topological polar surface area (TPSA) is 52.5 Å². The van der Waals surface area contributed by atoms with Gasteiger partial charge in [-0.3, -0.25) is 0 Å². The summed E-state index contributed by atoms with van der Waals surface area (Å²) in [5.74, 6) is 1.13. The maximum atomic E-state index is 9.34. The van der Waals surface area contributed by atoms with E-state index in [9.17, 15) is 5.26 Å². The Morgan fingerprint density at radius 3 is 3.00 bits per heavy atom. The molecule has 2 aromatic rings. The molecule has 1 aromatic carbocycles. The number of aromatic nitrogens is 2. The summed E-state index contributed by atoms with van der Waals surface area (Å²) in [5.41, 5.74) is 2.53. The van der Waals surface area contributed by atoms with Crippen LogP contribution in [0.1, 0.15) is 25.1 Å². The highest BCUT2D eigenvalue weighted by Gasteiger charge is 2.12. The number of hydrogen-bond acceptors (Lipinski definition) is 2. The van der Waals surface area contributed by atoms with Crippen LogP contribution in [0.5, 0.6) is 0 Å². The van der Waals surface area contributed by atoms with Gasteiger partial charge in [0.1, 0.15) is 11.9 Å². The Kier molecular flexibility index (Phi) is 3.16. The van der Waals surface area contributed by atoms with Crippen LogP contribution in [0, 0.1) is 17.2 Å². The third-order valence-corrected chi connectivity index (χ3v) is 3.48. The number of aromatic amines is 1. The molecule has 0 radical (unpaired) electrons. The lowest BCUT2D eigenvalue weighted by atomic mass is 9.92. The molecule has 1 aliphatic rings. The minimum atomic E-state index is 0.452. The lowest BCUT2D eigenvalue weighted by Gasteiger charge is -2.13. The number of benzene rings is 1. The Balaban J connectivity index is 1.95. The Labute approximate surface area is 112 Å². The summed E-state index contributed by atoms with van der Waals surface area (Å²) in [6, 6.07) is 10.1. The van der Waals surface area contributed by atoms with Gasteiger partial charge in [-0.1, -0.05) is 30.4 Å². The Bertz CT molecular complexity index is 652. The molecule has 1 heterocycles. The van der Waals surface area contributed by atoms with Crippen LogP contribution in [0.2, 0.25) is 0 Å². The highest BCUT2D eigenvalue weighted by molar-refractivity contribution is 5.82. The van der Waals surface area contributed by atoms with Crippen molar-refractivity contribution in [2.24, 2.45) is 5.92 Å². The molecule has 0 fully saturated rings. The summed E-state index contributed by atoms with van der Waals surface area (Å²) in [6.45, 7) is 0. The molecule has 1 aromatic heterocycles. The van der Waals surface area contributed by atoms with Gasteiger partial charge in [-0.15, -0.1) is 0 Å². The number of hydrogen-bond donors (Lipinski definition) is 1. The molecule has 3 heteroatoms. The van der Waals surface area contributed by atoms with E-state index in [4.69, 9.17) is 0 Å². The molecule has 3 nitrogen and oxygen atoms in total. The fraction of sp³-hybridized carbons (Fsp3) is 0.250. The van der Waals surface area contributed by atoms with Crippen molar-refractivity contribution in [3.63, 3.8) is 0 Å². The second kappa shape index (κ2) is 5.11. The summed E-state index contributed by atoms with van der Waals surface area (Å²) in [4.78, 5) is 7.70. The largest absolute Gasteiger partial charge is 0.337 e. The molecule has 3 rings (SSSR count). The molecule has 19 heavy (non-hydrogen) atoms. The van der Waals surface area contributed by atoms with Crippen LogP contribution in [0.4, 0.5) is 0 Å². The predicted molar refractivity (Wildman–Crippen MR) is 76.2 cm³/mol. The average molecular weight is 249 g/mol. The van der Waals surface area contributed by atoms with Crippen molar-refractivity contribution in [3.8, 4) is 6.07 Å². The number of imidazole rings is 1. The lowest BCUT2D eigenvalue weighted by molar-refractivity contribution is 0.585. The molecule has 0 amide bonds. The van der Waals surface area contributed by atoms with Crippen molar-refractivity contribution >= 4 is 16.6 Å². The highest BCUT2D eigenvalue weighted by Crippen LogP contribution is 2.24. The SMILES string of the molecule is N#C/C(=C\[C@H]1CC=CCC1)c1nc2ccccc2[nH]1. The van der Waals surface area contributed by atoms with Crippen molar-refractivity contribution in [2.45, 2.75) is 19.3 Å². The van der Waals surface area contributed by atoms with Gasteiger partial charge >= 0.3 is 0 Å². The smallest absolute Gasteiger partial charge is 0.148 e. The first-order valence-electron chi connectivity index (χ1n) is 6.59. The minimum Gasteiger partial charge on any atom is -0.337 e. The fourth-order valence-electron chi connectivity index (χ4n) is 2.45. The zero-order valence-corrected chi connectivity index (χ0v) is 10.6. The first kappa shape index (κ1) is 11.7. The van der Waals surface area contributed by atoms with Crippen LogP contribution in [0.15, 0.2) is 42.5 Å². The number of nitriles is 1. The van der Waals surface area contributed by atoms with Gasteiger partial charge in [-0.2, -0.15) is 5.26 Å². The molecular formula is C16H15N3. The summed E-state index contributed by atoms with van der Waals surface area (Å²) >= 11 is 0. The monoisotopic (exact) mass is 249 g/mol. The second-order valence-electron chi connectivity index (χ2n) is 4.84. The van der Waals surface area contributed by atoms with Crippen LogP contribution < -0.4 is 0 Å².